The van der Waals surface area contributed by atoms with Gasteiger partial charge in [-0.05, 0) is 25.0 Å². The topological polar surface area (TPSA) is 72.6 Å². The van der Waals surface area contributed by atoms with Gasteiger partial charge in [-0.25, -0.2) is 12.7 Å². The van der Waals surface area contributed by atoms with Crippen molar-refractivity contribution in [1.29, 1.82) is 0 Å². The lowest BCUT2D eigenvalue weighted by molar-refractivity contribution is 0.171. The number of para-hydroxylation sites is 1. The molecule has 6 heteroatoms. The number of benzene rings is 1. The lowest BCUT2D eigenvalue weighted by atomic mass is 10.1. The molecular weight excluding hydrogens is 264 g/mol. The molecule has 1 rings (SSSR count). The van der Waals surface area contributed by atoms with Crippen molar-refractivity contribution >= 4 is 15.7 Å². The molecule has 0 amide bonds. The Bertz CT molecular complexity index is 539. The molecule has 0 saturated heterocycles. The van der Waals surface area contributed by atoms with Crippen LogP contribution in [0.1, 0.15) is 20.8 Å². The highest BCUT2D eigenvalue weighted by Crippen LogP contribution is 2.31. The van der Waals surface area contributed by atoms with E-state index in [1.54, 1.807) is 12.1 Å². The third-order valence-corrected chi connectivity index (χ3v) is 4.91. The molecular formula is C13H22N2O3S. The largest absolute Gasteiger partial charge is 0.488 e. The average Bonchev–Trinajstić information content (AvgIpc) is 2.31. The zero-order chi connectivity index (χ0) is 14.8. The number of nitrogens with zero attached hydrogens (tertiary/aromatic N) is 1. The minimum Gasteiger partial charge on any atom is -0.488 e. The summed E-state index contributed by atoms with van der Waals surface area (Å²) in [5, 5.41) is 0. The van der Waals surface area contributed by atoms with Gasteiger partial charge in [-0.3, -0.25) is 0 Å². The molecule has 0 aromatic heterocycles. The molecule has 0 saturated carbocycles. The summed E-state index contributed by atoms with van der Waals surface area (Å²) >= 11 is 0. The zero-order valence-electron chi connectivity index (χ0n) is 12.0. The lowest BCUT2D eigenvalue weighted by Crippen LogP contribution is -2.24. The fourth-order valence-electron chi connectivity index (χ4n) is 1.38. The normalized spacial score (nSPS) is 13.8. The van der Waals surface area contributed by atoms with E-state index in [0.29, 0.717) is 11.7 Å². The molecule has 0 fully saturated rings. The number of rotatable bonds is 5. The van der Waals surface area contributed by atoms with Crippen LogP contribution in [0.2, 0.25) is 0 Å². The summed E-state index contributed by atoms with van der Waals surface area (Å²) in [5.74, 6) is 0.720. The fourth-order valence-corrected chi connectivity index (χ4v) is 2.41. The van der Waals surface area contributed by atoms with E-state index >= 15 is 0 Å². The number of nitrogens with two attached hydrogens (primary N) is 1. The van der Waals surface area contributed by atoms with Crippen molar-refractivity contribution in [3.8, 4) is 5.75 Å². The molecule has 0 aliphatic rings. The second-order valence-corrected chi connectivity index (χ2v) is 7.14. The van der Waals surface area contributed by atoms with E-state index in [4.69, 9.17) is 10.5 Å². The molecule has 5 nitrogen and oxygen atoms in total. The van der Waals surface area contributed by atoms with E-state index < -0.39 is 10.0 Å². The Labute approximate surface area is 115 Å². The maximum Gasteiger partial charge on any atom is 0.244 e. The van der Waals surface area contributed by atoms with Crippen LogP contribution in [-0.2, 0) is 10.0 Å². The van der Waals surface area contributed by atoms with E-state index in [0.717, 1.165) is 4.31 Å². The first-order valence-electron chi connectivity index (χ1n) is 6.15. The van der Waals surface area contributed by atoms with Crippen LogP contribution in [0, 0.1) is 5.92 Å². The van der Waals surface area contributed by atoms with Crippen LogP contribution < -0.4 is 10.5 Å². The summed E-state index contributed by atoms with van der Waals surface area (Å²) in [5.41, 5.74) is 6.08. The maximum atomic E-state index is 12.1. The van der Waals surface area contributed by atoms with E-state index in [9.17, 15) is 8.42 Å². The molecule has 2 N–H and O–H groups in total. The van der Waals surface area contributed by atoms with Crippen LogP contribution in [0.5, 0.6) is 5.75 Å². The van der Waals surface area contributed by atoms with E-state index in [2.05, 4.69) is 0 Å². The Balaban J connectivity index is 3.20. The minimum atomic E-state index is -3.56. The predicted octanol–water partition coefficient (Wildman–Crippen LogP) is 1.94. The second-order valence-electron chi connectivity index (χ2n) is 5.02. The molecule has 0 heterocycles. The van der Waals surface area contributed by atoms with Gasteiger partial charge in [0.2, 0.25) is 10.0 Å². The summed E-state index contributed by atoms with van der Waals surface area (Å²) in [7, 11) is -0.615. The van der Waals surface area contributed by atoms with Crippen molar-refractivity contribution in [2.45, 2.75) is 31.8 Å². The van der Waals surface area contributed by atoms with E-state index in [1.165, 1.54) is 20.2 Å². The molecule has 0 radical (unpaired) electrons. The average molecular weight is 286 g/mol. The van der Waals surface area contributed by atoms with Crippen molar-refractivity contribution in [2.24, 2.45) is 5.92 Å². The number of nitrogen functional groups attached to an aromatic ring is 1. The summed E-state index contributed by atoms with van der Waals surface area (Å²) in [6.07, 6.45) is -0.0420. The van der Waals surface area contributed by atoms with Gasteiger partial charge in [0.15, 0.2) is 0 Å². The molecule has 1 aromatic carbocycles. The number of hydrogen-bond donors (Lipinski definition) is 1. The third-order valence-electron chi connectivity index (χ3n) is 3.04. The molecule has 108 valence electrons. The molecule has 0 bridgehead atoms. The number of anilines is 1. The van der Waals surface area contributed by atoms with Crippen molar-refractivity contribution in [3.05, 3.63) is 18.2 Å². The quantitative estimate of drug-likeness (QED) is 0.840. The van der Waals surface area contributed by atoms with Gasteiger partial charge < -0.3 is 10.5 Å². The van der Waals surface area contributed by atoms with Crippen molar-refractivity contribution in [3.63, 3.8) is 0 Å². The Hall–Kier alpha value is -1.27. The van der Waals surface area contributed by atoms with Crippen LogP contribution >= 0.6 is 0 Å². The Morgan fingerprint density at radius 2 is 1.79 bits per heavy atom. The molecule has 1 aromatic rings. The summed E-state index contributed by atoms with van der Waals surface area (Å²) < 4.78 is 31.1. The molecule has 0 spiro atoms. The van der Waals surface area contributed by atoms with Gasteiger partial charge in [-0.1, -0.05) is 19.9 Å². The van der Waals surface area contributed by atoms with Crippen LogP contribution in [0.25, 0.3) is 0 Å². The Morgan fingerprint density at radius 3 is 2.26 bits per heavy atom. The highest BCUT2D eigenvalue weighted by molar-refractivity contribution is 7.89. The van der Waals surface area contributed by atoms with Crippen molar-refractivity contribution in [2.75, 3.05) is 19.8 Å². The number of hydrogen-bond acceptors (Lipinski definition) is 4. The first-order chi connectivity index (χ1) is 8.67. The molecule has 1 atom stereocenters. The molecule has 19 heavy (non-hydrogen) atoms. The Kier molecular flexibility index (Phi) is 4.81. The number of sulfonamides is 1. The smallest absolute Gasteiger partial charge is 0.244 e. The standard InChI is InChI=1S/C13H22N2O3S/c1-9(2)10(3)18-11-7-6-8-12(13(11)14)19(16,17)15(4)5/h6-10H,14H2,1-5H3. The fraction of sp³-hybridized carbons (Fsp3) is 0.538. The van der Waals surface area contributed by atoms with Gasteiger partial charge in [0.1, 0.15) is 10.6 Å². The minimum absolute atomic E-state index is 0.0420. The van der Waals surface area contributed by atoms with E-state index in [-0.39, 0.29) is 16.7 Å². The van der Waals surface area contributed by atoms with Crippen LogP contribution in [0.3, 0.4) is 0 Å². The Morgan fingerprint density at radius 1 is 1.21 bits per heavy atom. The van der Waals surface area contributed by atoms with E-state index in [1.807, 2.05) is 20.8 Å². The van der Waals surface area contributed by atoms with Crippen LogP contribution in [0.15, 0.2) is 23.1 Å². The highest BCUT2D eigenvalue weighted by atomic mass is 32.2. The van der Waals surface area contributed by atoms with Gasteiger partial charge >= 0.3 is 0 Å². The van der Waals surface area contributed by atoms with Gasteiger partial charge in [0, 0.05) is 14.1 Å². The maximum absolute atomic E-state index is 12.1. The monoisotopic (exact) mass is 286 g/mol. The van der Waals surface area contributed by atoms with Crippen LogP contribution in [0.4, 0.5) is 5.69 Å². The van der Waals surface area contributed by atoms with Gasteiger partial charge in [0.05, 0.1) is 11.8 Å². The van der Waals surface area contributed by atoms with Crippen molar-refractivity contribution in [1.82, 2.24) is 4.31 Å². The van der Waals surface area contributed by atoms with Crippen molar-refractivity contribution < 1.29 is 13.2 Å². The van der Waals surface area contributed by atoms with Gasteiger partial charge in [-0.15, -0.1) is 0 Å². The summed E-state index contributed by atoms with van der Waals surface area (Å²) in [6, 6.07) is 4.80. The summed E-state index contributed by atoms with van der Waals surface area (Å²) in [6.45, 7) is 5.99. The predicted molar refractivity (Wildman–Crippen MR) is 76.7 cm³/mol. The SMILES string of the molecule is CC(C)C(C)Oc1cccc(S(=O)(=O)N(C)C)c1N. The highest BCUT2D eigenvalue weighted by Gasteiger charge is 2.23. The third kappa shape index (κ3) is 3.39. The summed E-state index contributed by atoms with van der Waals surface area (Å²) in [4.78, 5) is 0.0750. The van der Waals surface area contributed by atoms with Gasteiger partial charge in [-0.2, -0.15) is 0 Å². The first kappa shape index (κ1) is 15.8. The zero-order valence-corrected chi connectivity index (χ0v) is 12.9. The van der Waals surface area contributed by atoms with Gasteiger partial charge in [0.25, 0.3) is 0 Å². The molecule has 0 aliphatic heterocycles. The second kappa shape index (κ2) is 5.79. The number of ether oxygens (including phenoxy) is 1. The van der Waals surface area contributed by atoms with Crippen LogP contribution in [-0.4, -0.2) is 32.9 Å². The molecule has 1 unspecified atom stereocenters. The first-order valence-corrected chi connectivity index (χ1v) is 7.59. The lowest BCUT2D eigenvalue weighted by Gasteiger charge is -2.21. The molecule has 0 aliphatic carbocycles.